The molecule has 0 bridgehead atoms. The molecule has 1 rings (SSSR count). The Morgan fingerprint density at radius 1 is 1.53 bits per heavy atom. The molecule has 1 aromatic carbocycles. The number of carbonyl (C=O) groups excluding carboxylic acids is 1. The predicted octanol–water partition coefficient (Wildman–Crippen LogP) is 1.53. The zero-order chi connectivity index (χ0) is 14.4. The fourth-order valence-corrected chi connectivity index (χ4v) is 1.84. The first-order valence-corrected chi connectivity index (χ1v) is 6.27. The molecule has 5 heteroatoms. The van der Waals surface area contributed by atoms with Gasteiger partial charge < -0.3 is 15.2 Å². The van der Waals surface area contributed by atoms with Crippen LogP contribution in [0.2, 0.25) is 0 Å². The lowest BCUT2D eigenvalue weighted by Gasteiger charge is -2.25. The topological polar surface area (TPSA) is 61.8 Å². The lowest BCUT2D eigenvalue weighted by atomic mass is 10.1. The van der Waals surface area contributed by atoms with E-state index in [1.54, 1.807) is 20.2 Å². The van der Waals surface area contributed by atoms with Crippen molar-refractivity contribution in [3.63, 3.8) is 0 Å². The number of ether oxygens (including phenoxy) is 1. The van der Waals surface area contributed by atoms with E-state index >= 15 is 0 Å². The van der Waals surface area contributed by atoms with Gasteiger partial charge in [0.25, 0.3) is 0 Å². The number of rotatable bonds is 6. The maximum Gasteiger partial charge on any atom is 0.221 e. The zero-order valence-corrected chi connectivity index (χ0v) is 11.9. The first-order valence-electron chi connectivity index (χ1n) is 6.27. The summed E-state index contributed by atoms with van der Waals surface area (Å²) in [5.41, 5.74) is 0.820. The Hall–Kier alpha value is -1.75. The van der Waals surface area contributed by atoms with E-state index in [4.69, 9.17) is 4.74 Å². The van der Waals surface area contributed by atoms with Crippen molar-refractivity contribution in [2.75, 3.05) is 27.7 Å². The molecule has 1 amide bonds. The largest absolute Gasteiger partial charge is 0.507 e. The third-order valence-electron chi connectivity index (χ3n) is 3.32. The van der Waals surface area contributed by atoms with Gasteiger partial charge in [0.05, 0.1) is 7.11 Å². The second-order valence-electron chi connectivity index (χ2n) is 4.50. The van der Waals surface area contributed by atoms with Crippen LogP contribution in [0.1, 0.15) is 24.9 Å². The molecule has 0 saturated carbocycles. The fourth-order valence-electron chi connectivity index (χ4n) is 1.84. The van der Waals surface area contributed by atoms with E-state index < -0.39 is 0 Å². The van der Waals surface area contributed by atoms with Crippen LogP contribution in [0.25, 0.3) is 0 Å². The summed E-state index contributed by atoms with van der Waals surface area (Å²) in [6.45, 7) is 2.62. The highest BCUT2D eigenvalue weighted by Gasteiger charge is 2.16. The van der Waals surface area contributed by atoms with Crippen LogP contribution >= 0.6 is 0 Å². The lowest BCUT2D eigenvalue weighted by molar-refractivity contribution is -0.120. The number of nitrogens with one attached hydrogen (secondary N) is 1. The Labute approximate surface area is 114 Å². The maximum absolute atomic E-state index is 11.2. The summed E-state index contributed by atoms with van der Waals surface area (Å²) >= 11 is 0. The maximum atomic E-state index is 11.2. The van der Waals surface area contributed by atoms with Gasteiger partial charge in [-0.2, -0.15) is 0 Å². The van der Waals surface area contributed by atoms with Gasteiger partial charge in [0, 0.05) is 37.7 Å². The van der Waals surface area contributed by atoms with Crippen LogP contribution in [0.5, 0.6) is 11.5 Å². The molecular weight excluding hydrogens is 244 g/mol. The first-order chi connectivity index (χ1) is 8.99. The molecule has 0 aliphatic heterocycles. The molecule has 0 aliphatic rings. The van der Waals surface area contributed by atoms with Gasteiger partial charge in [0.2, 0.25) is 5.91 Å². The highest BCUT2D eigenvalue weighted by atomic mass is 16.5. The number of phenols is 1. The van der Waals surface area contributed by atoms with E-state index in [9.17, 15) is 9.90 Å². The molecule has 1 atom stereocenters. The summed E-state index contributed by atoms with van der Waals surface area (Å²) in [4.78, 5) is 13.2. The van der Waals surface area contributed by atoms with Crippen LogP contribution in [0.3, 0.4) is 0 Å². The van der Waals surface area contributed by atoms with Crippen molar-refractivity contribution in [2.24, 2.45) is 0 Å². The SMILES string of the molecule is CNC(=O)CCN(C)C(C)c1ccc(OC)cc1O. The summed E-state index contributed by atoms with van der Waals surface area (Å²) in [7, 11) is 5.12. The van der Waals surface area contributed by atoms with E-state index in [0.29, 0.717) is 18.7 Å². The minimum atomic E-state index is 0.0120. The fraction of sp³-hybridized carbons (Fsp3) is 0.500. The molecule has 0 aliphatic carbocycles. The summed E-state index contributed by atoms with van der Waals surface area (Å²) < 4.78 is 5.06. The Morgan fingerprint density at radius 2 is 2.21 bits per heavy atom. The van der Waals surface area contributed by atoms with Gasteiger partial charge in [-0.1, -0.05) is 6.07 Å². The van der Waals surface area contributed by atoms with Crippen molar-refractivity contribution in [1.82, 2.24) is 10.2 Å². The van der Waals surface area contributed by atoms with Crippen molar-refractivity contribution < 1.29 is 14.6 Å². The van der Waals surface area contributed by atoms with Crippen molar-refractivity contribution >= 4 is 5.91 Å². The highest BCUT2D eigenvalue weighted by Crippen LogP contribution is 2.30. The van der Waals surface area contributed by atoms with Gasteiger partial charge in [-0.3, -0.25) is 9.69 Å². The first kappa shape index (κ1) is 15.3. The summed E-state index contributed by atoms with van der Waals surface area (Å²) in [5.74, 6) is 0.845. The molecule has 1 unspecified atom stereocenters. The minimum absolute atomic E-state index is 0.0120. The Bertz CT molecular complexity index is 435. The number of amides is 1. The average Bonchev–Trinajstić information content (AvgIpc) is 2.43. The normalized spacial score (nSPS) is 12.3. The highest BCUT2D eigenvalue weighted by molar-refractivity contribution is 5.75. The Kier molecular flexibility index (Phi) is 5.63. The van der Waals surface area contributed by atoms with Gasteiger partial charge in [0.1, 0.15) is 11.5 Å². The van der Waals surface area contributed by atoms with Gasteiger partial charge in [-0.25, -0.2) is 0 Å². The third kappa shape index (κ3) is 4.13. The molecule has 0 fully saturated rings. The quantitative estimate of drug-likeness (QED) is 0.819. The molecule has 0 aromatic heterocycles. The predicted molar refractivity (Wildman–Crippen MR) is 74.4 cm³/mol. The van der Waals surface area contributed by atoms with E-state index in [-0.39, 0.29) is 17.7 Å². The summed E-state index contributed by atoms with van der Waals surface area (Å²) in [6.07, 6.45) is 0.439. The molecule has 0 heterocycles. The monoisotopic (exact) mass is 266 g/mol. The number of carbonyl (C=O) groups is 1. The average molecular weight is 266 g/mol. The molecule has 2 N–H and O–H groups in total. The molecule has 0 saturated heterocycles. The van der Waals surface area contributed by atoms with Gasteiger partial charge in [0.15, 0.2) is 0 Å². The zero-order valence-electron chi connectivity index (χ0n) is 11.9. The van der Waals surface area contributed by atoms with Crippen LogP contribution in [0.4, 0.5) is 0 Å². The van der Waals surface area contributed by atoms with E-state index in [2.05, 4.69) is 5.32 Å². The number of phenolic OH excluding ortho intramolecular Hbond substituents is 1. The van der Waals surface area contributed by atoms with Crippen molar-refractivity contribution in [3.05, 3.63) is 23.8 Å². The van der Waals surface area contributed by atoms with E-state index in [0.717, 1.165) is 5.56 Å². The number of benzene rings is 1. The van der Waals surface area contributed by atoms with E-state index in [1.807, 2.05) is 31.0 Å². The number of hydrogen-bond donors (Lipinski definition) is 2. The standard InChI is InChI=1S/C14H22N2O3/c1-10(16(3)8-7-14(18)15-2)12-6-5-11(19-4)9-13(12)17/h5-6,9-10,17H,7-8H2,1-4H3,(H,15,18). The number of nitrogens with zero attached hydrogens (tertiary/aromatic N) is 1. The summed E-state index contributed by atoms with van der Waals surface area (Å²) in [6, 6.07) is 5.28. The van der Waals surface area contributed by atoms with Gasteiger partial charge in [-0.05, 0) is 20.0 Å². The Balaban J connectivity index is 2.71. The molecule has 5 nitrogen and oxygen atoms in total. The smallest absolute Gasteiger partial charge is 0.221 e. The second kappa shape index (κ2) is 6.99. The van der Waals surface area contributed by atoms with Crippen LogP contribution in [-0.2, 0) is 4.79 Å². The minimum Gasteiger partial charge on any atom is -0.507 e. The van der Waals surface area contributed by atoms with Crippen LogP contribution in [-0.4, -0.2) is 43.7 Å². The lowest BCUT2D eigenvalue weighted by Crippen LogP contribution is -2.28. The van der Waals surface area contributed by atoms with Crippen molar-refractivity contribution in [2.45, 2.75) is 19.4 Å². The number of aromatic hydroxyl groups is 1. The third-order valence-corrected chi connectivity index (χ3v) is 3.32. The number of methoxy groups -OCH3 is 1. The molecule has 1 aromatic rings. The van der Waals surface area contributed by atoms with Crippen molar-refractivity contribution in [1.29, 1.82) is 0 Å². The molecular formula is C14H22N2O3. The van der Waals surface area contributed by atoms with Crippen LogP contribution in [0.15, 0.2) is 18.2 Å². The molecule has 106 valence electrons. The molecule has 0 radical (unpaired) electrons. The van der Waals surface area contributed by atoms with Gasteiger partial charge >= 0.3 is 0 Å². The number of hydrogen-bond acceptors (Lipinski definition) is 4. The summed E-state index contributed by atoms with van der Waals surface area (Å²) in [5, 5.41) is 12.6. The Morgan fingerprint density at radius 3 is 2.74 bits per heavy atom. The molecule has 19 heavy (non-hydrogen) atoms. The van der Waals surface area contributed by atoms with Crippen molar-refractivity contribution in [3.8, 4) is 11.5 Å². The molecule has 0 spiro atoms. The van der Waals surface area contributed by atoms with Crippen LogP contribution in [0, 0.1) is 0 Å². The van der Waals surface area contributed by atoms with E-state index in [1.165, 1.54) is 0 Å². The van der Waals surface area contributed by atoms with Gasteiger partial charge in [-0.15, -0.1) is 0 Å². The second-order valence-corrected chi connectivity index (χ2v) is 4.50. The van der Waals surface area contributed by atoms with Crippen LogP contribution < -0.4 is 10.1 Å².